The Morgan fingerprint density at radius 3 is 2.82 bits per heavy atom. The van der Waals surface area contributed by atoms with Crippen molar-refractivity contribution < 1.29 is 14.6 Å². The molecule has 1 aliphatic heterocycles. The van der Waals surface area contributed by atoms with E-state index in [1.54, 1.807) is 11.1 Å². The van der Waals surface area contributed by atoms with Crippen LogP contribution < -0.4 is 10.1 Å². The molecule has 2 N–H and O–H groups in total. The SMILES string of the molecule is CNC1C=Cc2c(ccnc2OCC(=O)N(C)C(CN2CC[C@H](O)C2)c2ccccc2)C1C. The lowest BCUT2D eigenvalue weighted by atomic mass is 9.86. The van der Waals surface area contributed by atoms with E-state index in [4.69, 9.17) is 4.74 Å². The highest BCUT2D eigenvalue weighted by atomic mass is 16.5. The third kappa shape index (κ3) is 5.27. The van der Waals surface area contributed by atoms with Crippen molar-refractivity contribution in [2.75, 3.05) is 40.3 Å². The molecule has 1 fully saturated rings. The van der Waals surface area contributed by atoms with Crippen LogP contribution in [-0.4, -0.2) is 78.3 Å². The van der Waals surface area contributed by atoms with Crippen molar-refractivity contribution >= 4 is 12.0 Å². The minimum Gasteiger partial charge on any atom is -0.467 e. The molecular weight excluding hydrogens is 416 g/mol. The highest BCUT2D eigenvalue weighted by molar-refractivity contribution is 5.78. The predicted molar refractivity (Wildman–Crippen MR) is 129 cm³/mol. The summed E-state index contributed by atoms with van der Waals surface area (Å²) in [5.74, 6) is 0.673. The zero-order valence-electron chi connectivity index (χ0n) is 19.6. The highest BCUT2D eigenvalue weighted by Gasteiger charge is 2.29. The first-order valence-electron chi connectivity index (χ1n) is 11.7. The number of aliphatic hydroxyl groups is 1. The molecule has 1 aliphatic carbocycles. The molecule has 1 aromatic heterocycles. The number of carbonyl (C=O) groups excluding carboxylic acids is 1. The summed E-state index contributed by atoms with van der Waals surface area (Å²) < 4.78 is 5.95. The molecule has 7 heteroatoms. The topological polar surface area (TPSA) is 77.9 Å². The van der Waals surface area contributed by atoms with E-state index in [0.717, 1.165) is 29.7 Å². The van der Waals surface area contributed by atoms with E-state index in [1.165, 1.54) is 0 Å². The largest absolute Gasteiger partial charge is 0.467 e. The molecular formula is C26H34N4O3. The molecule has 7 nitrogen and oxygen atoms in total. The Labute approximate surface area is 196 Å². The van der Waals surface area contributed by atoms with E-state index in [0.29, 0.717) is 19.0 Å². The van der Waals surface area contributed by atoms with Crippen LogP contribution >= 0.6 is 0 Å². The Bertz CT molecular complexity index is 981. The van der Waals surface area contributed by atoms with E-state index in [1.807, 2.05) is 56.6 Å². The Kier molecular flexibility index (Phi) is 7.42. The maximum Gasteiger partial charge on any atom is 0.260 e. The summed E-state index contributed by atoms with van der Waals surface area (Å²) in [7, 11) is 3.78. The Morgan fingerprint density at radius 2 is 2.12 bits per heavy atom. The van der Waals surface area contributed by atoms with Crippen LogP contribution in [0.15, 0.2) is 48.7 Å². The second-order valence-corrected chi connectivity index (χ2v) is 9.00. The van der Waals surface area contributed by atoms with Gasteiger partial charge in [-0.25, -0.2) is 4.98 Å². The van der Waals surface area contributed by atoms with Gasteiger partial charge in [0.15, 0.2) is 6.61 Å². The number of benzene rings is 1. The van der Waals surface area contributed by atoms with Crippen LogP contribution in [0.1, 0.15) is 42.0 Å². The van der Waals surface area contributed by atoms with E-state index in [2.05, 4.69) is 28.2 Å². The van der Waals surface area contributed by atoms with E-state index in [-0.39, 0.29) is 36.6 Å². The van der Waals surface area contributed by atoms with Gasteiger partial charge in [0, 0.05) is 50.4 Å². The molecule has 0 bridgehead atoms. The quantitative estimate of drug-likeness (QED) is 0.643. The molecule has 33 heavy (non-hydrogen) atoms. The smallest absolute Gasteiger partial charge is 0.260 e. The first kappa shape index (κ1) is 23.4. The standard InChI is InChI=1S/C26H34N4O3/c1-18-21-11-13-28-26(22(21)9-10-23(18)27-2)33-17-25(32)29(3)24(19-7-5-4-6-8-19)16-30-14-12-20(31)15-30/h4-11,13,18,20,23-24,27,31H,12,14-17H2,1-3H3/t18?,20-,23?,24?/m0/s1. The van der Waals surface area contributed by atoms with Crippen molar-refractivity contribution in [2.45, 2.75) is 37.5 Å². The molecule has 2 aromatic rings. The Morgan fingerprint density at radius 1 is 1.33 bits per heavy atom. The van der Waals surface area contributed by atoms with Gasteiger partial charge in [0.1, 0.15) is 0 Å². The molecule has 3 unspecified atom stereocenters. The molecule has 4 atom stereocenters. The summed E-state index contributed by atoms with van der Waals surface area (Å²) in [5, 5.41) is 13.2. The van der Waals surface area contributed by atoms with Crippen LogP contribution in [0.2, 0.25) is 0 Å². The second kappa shape index (κ2) is 10.5. The summed E-state index contributed by atoms with van der Waals surface area (Å²) in [6.45, 7) is 4.24. The van der Waals surface area contributed by atoms with Gasteiger partial charge >= 0.3 is 0 Å². The van der Waals surface area contributed by atoms with Crippen molar-refractivity contribution in [3.05, 3.63) is 65.4 Å². The number of fused-ring (bicyclic) bond motifs is 1. The summed E-state index contributed by atoms with van der Waals surface area (Å²) >= 11 is 0. The molecule has 2 aliphatic rings. The van der Waals surface area contributed by atoms with Crippen molar-refractivity contribution in [1.29, 1.82) is 0 Å². The van der Waals surface area contributed by atoms with Crippen LogP contribution in [-0.2, 0) is 4.79 Å². The van der Waals surface area contributed by atoms with Crippen molar-refractivity contribution in [3.63, 3.8) is 0 Å². The fraction of sp³-hybridized carbons (Fsp3) is 0.462. The summed E-state index contributed by atoms with van der Waals surface area (Å²) in [6.07, 6.45) is 6.37. The molecule has 0 spiro atoms. The normalized spacial score (nSPS) is 23.2. The minimum absolute atomic E-state index is 0.0798. The van der Waals surface area contributed by atoms with Gasteiger partial charge < -0.3 is 20.1 Å². The number of nitrogens with one attached hydrogen (secondary N) is 1. The lowest BCUT2D eigenvalue weighted by Crippen LogP contribution is -2.41. The number of amides is 1. The summed E-state index contributed by atoms with van der Waals surface area (Å²) in [4.78, 5) is 21.5. The first-order valence-corrected chi connectivity index (χ1v) is 11.7. The van der Waals surface area contributed by atoms with Gasteiger partial charge in [0.25, 0.3) is 5.91 Å². The Balaban J connectivity index is 1.46. The number of hydrogen-bond donors (Lipinski definition) is 2. The maximum atomic E-state index is 13.2. The molecule has 2 heterocycles. The fourth-order valence-electron chi connectivity index (χ4n) is 4.81. The maximum absolute atomic E-state index is 13.2. The zero-order valence-corrected chi connectivity index (χ0v) is 19.6. The van der Waals surface area contributed by atoms with Crippen molar-refractivity contribution in [1.82, 2.24) is 20.1 Å². The van der Waals surface area contributed by atoms with E-state index < -0.39 is 0 Å². The van der Waals surface area contributed by atoms with Gasteiger partial charge in [0.2, 0.25) is 5.88 Å². The van der Waals surface area contributed by atoms with Crippen LogP contribution in [0.25, 0.3) is 6.08 Å². The van der Waals surface area contributed by atoms with Gasteiger partial charge in [-0.1, -0.05) is 49.4 Å². The van der Waals surface area contributed by atoms with E-state index >= 15 is 0 Å². The number of carbonyl (C=O) groups is 1. The number of pyridine rings is 1. The van der Waals surface area contributed by atoms with Gasteiger partial charge in [-0.05, 0) is 30.7 Å². The second-order valence-electron chi connectivity index (χ2n) is 9.00. The number of aromatic nitrogens is 1. The van der Waals surface area contributed by atoms with Crippen LogP contribution in [0.3, 0.4) is 0 Å². The molecule has 1 aromatic carbocycles. The minimum atomic E-state index is -0.293. The number of ether oxygens (including phenoxy) is 1. The van der Waals surface area contributed by atoms with Gasteiger partial charge in [-0.3, -0.25) is 9.69 Å². The van der Waals surface area contributed by atoms with Crippen LogP contribution in [0.4, 0.5) is 0 Å². The van der Waals surface area contributed by atoms with Crippen molar-refractivity contribution in [2.24, 2.45) is 0 Å². The van der Waals surface area contributed by atoms with E-state index in [9.17, 15) is 9.90 Å². The number of β-amino-alcohol motifs (C(OH)–C–C–N with tert-alkyl or cyclic N) is 1. The zero-order chi connectivity index (χ0) is 23.4. The van der Waals surface area contributed by atoms with Gasteiger partial charge in [0.05, 0.1) is 12.1 Å². The molecule has 1 saturated heterocycles. The number of aliphatic hydroxyl groups excluding tert-OH is 1. The Hall–Kier alpha value is -2.74. The summed E-state index contributed by atoms with van der Waals surface area (Å²) in [6, 6.07) is 12.2. The number of nitrogens with zero attached hydrogens (tertiary/aromatic N) is 3. The first-order chi connectivity index (χ1) is 16.0. The predicted octanol–water partition coefficient (Wildman–Crippen LogP) is 2.45. The average molecular weight is 451 g/mol. The third-order valence-electron chi connectivity index (χ3n) is 6.88. The summed E-state index contributed by atoms with van der Waals surface area (Å²) in [5.41, 5.74) is 3.18. The number of likely N-dealkylation sites (N-methyl/N-ethyl adjacent to an activating group) is 2. The van der Waals surface area contributed by atoms with Crippen molar-refractivity contribution in [3.8, 4) is 5.88 Å². The number of rotatable bonds is 8. The number of likely N-dealkylation sites (tertiary alicyclic amines) is 1. The molecule has 176 valence electrons. The molecule has 1 amide bonds. The average Bonchev–Trinajstić information content (AvgIpc) is 3.26. The monoisotopic (exact) mass is 450 g/mol. The molecule has 4 rings (SSSR count). The number of hydrogen-bond acceptors (Lipinski definition) is 6. The lowest BCUT2D eigenvalue weighted by Gasteiger charge is -2.32. The lowest BCUT2D eigenvalue weighted by molar-refractivity contribution is -0.134. The van der Waals surface area contributed by atoms with Gasteiger partial charge in [-0.15, -0.1) is 0 Å². The molecule has 0 radical (unpaired) electrons. The van der Waals surface area contributed by atoms with Crippen LogP contribution in [0, 0.1) is 0 Å². The third-order valence-corrected chi connectivity index (χ3v) is 6.88. The van der Waals surface area contributed by atoms with Gasteiger partial charge in [-0.2, -0.15) is 0 Å². The van der Waals surface area contributed by atoms with Crippen LogP contribution in [0.5, 0.6) is 5.88 Å². The highest BCUT2D eigenvalue weighted by Crippen LogP contribution is 2.34. The fourth-order valence-corrected chi connectivity index (χ4v) is 4.81. The molecule has 0 saturated carbocycles.